The molecule has 1 rings (SSSR count). The van der Waals surface area contributed by atoms with Gasteiger partial charge in [0, 0.05) is 0 Å². The molecular weight excluding hydrogens is 208 g/mol. The molecule has 0 aromatic heterocycles. The fraction of sp³-hybridized carbons (Fsp3) is 0.857. The van der Waals surface area contributed by atoms with Crippen molar-refractivity contribution in [1.29, 1.82) is 0 Å². The molecule has 1 heterocycles. The largest absolute Gasteiger partial charge is 0.388 e. The molecule has 1 aliphatic rings. The van der Waals surface area contributed by atoms with Gasteiger partial charge < -0.3 is 31.1 Å². The van der Waals surface area contributed by atoms with Crippen LogP contribution in [0.4, 0.5) is 0 Å². The van der Waals surface area contributed by atoms with Gasteiger partial charge in [-0.3, -0.25) is 0 Å². The van der Waals surface area contributed by atoms with Crippen LogP contribution in [0.2, 0.25) is 0 Å². The zero-order valence-corrected chi connectivity index (χ0v) is 8.44. The van der Waals surface area contributed by atoms with Crippen molar-refractivity contribution in [3.05, 3.63) is 0 Å². The Morgan fingerprint density at radius 1 is 1.29 bits per heavy atom. The molecule has 14 heavy (non-hydrogen) atoms. The van der Waals surface area contributed by atoms with Crippen LogP contribution in [0.1, 0.15) is 6.92 Å². The molecule has 82 valence electrons. The monoisotopic (exact) mass is 222 g/mol. The third-order valence-electron chi connectivity index (χ3n) is 2.14. The first-order valence-corrected chi connectivity index (χ1v) is 4.60. The van der Waals surface area contributed by atoms with Crippen molar-refractivity contribution >= 4 is 17.3 Å². The summed E-state index contributed by atoms with van der Waals surface area (Å²) >= 11 is 4.57. The Hall–Kier alpha value is -0.470. The SMILES string of the molecule is C[C@@H]1OC(NC(N)=S)[C@H](O)[C@H](O)[C@H]1O. The molecule has 0 spiro atoms. The van der Waals surface area contributed by atoms with Crippen molar-refractivity contribution < 1.29 is 20.1 Å². The lowest BCUT2D eigenvalue weighted by atomic mass is 9.99. The number of aliphatic hydroxyl groups is 3. The molecular formula is C7H14N2O4S. The number of ether oxygens (including phenoxy) is 1. The number of nitrogens with two attached hydrogens (primary N) is 1. The molecule has 5 atom stereocenters. The Morgan fingerprint density at radius 3 is 2.36 bits per heavy atom. The van der Waals surface area contributed by atoms with E-state index >= 15 is 0 Å². The van der Waals surface area contributed by atoms with Crippen LogP contribution < -0.4 is 11.1 Å². The summed E-state index contributed by atoms with van der Waals surface area (Å²) in [4.78, 5) is 0. The average Bonchev–Trinajstić information content (AvgIpc) is 2.10. The van der Waals surface area contributed by atoms with Gasteiger partial charge in [0.15, 0.2) is 11.3 Å². The topological polar surface area (TPSA) is 108 Å². The summed E-state index contributed by atoms with van der Waals surface area (Å²) in [5, 5.41) is 30.6. The number of nitrogens with one attached hydrogen (secondary N) is 1. The van der Waals surface area contributed by atoms with Crippen LogP contribution in [0.3, 0.4) is 0 Å². The minimum atomic E-state index is -1.27. The van der Waals surface area contributed by atoms with E-state index in [4.69, 9.17) is 10.5 Å². The van der Waals surface area contributed by atoms with E-state index in [1.807, 2.05) is 0 Å². The summed E-state index contributed by atoms with van der Waals surface area (Å²) in [5.74, 6) is 0. The van der Waals surface area contributed by atoms with Crippen LogP contribution in [-0.4, -0.2) is 51.1 Å². The second-order valence-electron chi connectivity index (χ2n) is 3.24. The molecule has 1 aliphatic heterocycles. The van der Waals surface area contributed by atoms with E-state index in [9.17, 15) is 15.3 Å². The van der Waals surface area contributed by atoms with Crippen molar-refractivity contribution in [1.82, 2.24) is 5.32 Å². The molecule has 0 aromatic rings. The van der Waals surface area contributed by atoms with Gasteiger partial charge in [-0.1, -0.05) is 0 Å². The highest BCUT2D eigenvalue weighted by atomic mass is 32.1. The lowest BCUT2D eigenvalue weighted by Crippen LogP contribution is -2.62. The number of hydrogen-bond donors (Lipinski definition) is 5. The fourth-order valence-electron chi connectivity index (χ4n) is 1.31. The van der Waals surface area contributed by atoms with Gasteiger partial charge in [0.05, 0.1) is 6.10 Å². The van der Waals surface area contributed by atoms with E-state index in [2.05, 4.69) is 17.5 Å². The van der Waals surface area contributed by atoms with Gasteiger partial charge in [0.2, 0.25) is 0 Å². The molecule has 0 saturated carbocycles. The molecule has 6 nitrogen and oxygen atoms in total. The van der Waals surface area contributed by atoms with Crippen molar-refractivity contribution in [2.24, 2.45) is 5.73 Å². The lowest BCUT2D eigenvalue weighted by molar-refractivity contribution is -0.220. The Balaban J connectivity index is 2.65. The minimum absolute atomic E-state index is 0.0372. The van der Waals surface area contributed by atoms with Gasteiger partial charge in [0.25, 0.3) is 0 Å². The molecule has 6 N–H and O–H groups in total. The standard InChI is InChI=1S/C7H14N2O4S/c1-2-3(10)4(11)5(12)6(13-2)9-7(8)14/h2-6,10-12H,1H3,(H3,8,9,14)/t2-,3-,4+,5+,6?/m0/s1. The van der Waals surface area contributed by atoms with Crippen molar-refractivity contribution in [3.63, 3.8) is 0 Å². The Morgan fingerprint density at radius 2 is 1.86 bits per heavy atom. The maximum atomic E-state index is 9.46. The van der Waals surface area contributed by atoms with Gasteiger partial charge in [-0.2, -0.15) is 0 Å². The summed E-state index contributed by atoms with van der Waals surface area (Å²) in [6, 6.07) is 0. The van der Waals surface area contributed by atoms with Crippen molar-refractivity contribution in [2.45, 2.75) is 37.6 Å². The van der Waals surface area contributed by atoms with Crippen molar-refractivity contribution in [2.75, 3.05) is 0 Å². The van der Waals surface area contributed by atoms with Gasteiger partial charge in [0.1, 0.15) is 18.3 Å². The maximum absolute atomic E-state index is 9.46. The van der Waals surface area contributed by atoms with Crippen LogP contribution in [-0.2, 0) is 4.74 Å². The lowest BCUT2D eigenvalue weighted by Gasteiger charge is -2.39. The van der Waals surface area contributed by atoms with E-state index in [0.717, 1.165) is 0 Å². The van der Waals surface area contributed by atoms with E-state index in [1.165, 1.54) is 0 Å². The molecule has 0 aromatic carbocycles. The van der Waals surface area contributed by atoms with Gasteiger partial charge in [-0.25, -0.2) is 0 Å². The molecule has 0 amide bonds. The first-order chi connectivity index (χ1) is 6.43. The number of rotatable bonds is 1. The third kappa shape index (κ3) is 2.31. The van der Waals surface area contributed by atoms with E-state index < -0.39 is 30.6 Å². The minimum Gasteiger partial charge on any atom is -0.388 e. The molecule has 1 saturated heterocycles. The number of aliphatic hydroxyl groups excluding tert-OH is 3. The van der Waals surface area contributed by atoms with Crippen LogP contribution in [0.25, 0.3) is 0 Å². The molecule has 1 fully saturated rings. The number of hydrogen-bond acceptors (Lipinski definition) is 5. The molecule has 7 heteroatoms. The normalized spacial score (nSPS) is 43.3. The summed E-state index contributed by atoms with van der Waals surface area (Å²) in [5.41, 5.74) is 5.20. The quantitative estimate of drug-likeness (QED) is 0.316. The number of thiocarbonyl (C=S) groups is 1. The van der Waals surface area contributed by atoms with E-state index in [0.29, 0.717) is 0 Å². The van der Waals surface area contributed by atoms with Crippen LogP contribution >= 0.6 is 12.2 Å². The zero-order valence-electron chi connectivity index (χ0n) is 7.62. The second kappa shape index (κ2) is 4.37. The molecule has 0 bridgehead atoms. The smallest absolute Gasteiger partial charge is 0.165 e. The third-order valence-corrected chi connectivity index (χ3v) is 2.25. The van der Waals surface area contributed by atoms with E-state index in [-0.39, 0.29) is 5.11 Å². The fourth-order valence-corrected chi connectivity index (χ4v) is 1.43. The Kier molecular flexibility index (Phi) is 3.62. The van der Waals surface area contributed by atoms with Crippen molar-refractivity contribution in [3.8, 4) is 0 Å². The molecule has 0 aliphatic carbocycles. The molecule has 1 unspecified atom stereocenters. The van der Waals surface area contributed by atoms with Crippen LogP contribution in [0.5, 0.6) is 0 Å². The van der Waals surface area contributed by atoms with Crippen LogP contribution in [0.15, 0.2) is 0 Å². The van der Waals surface area contributed by atoms with Gasteiger partial charge in [-0.05, 0) is 19.1 Å². The second-order valence-corrected chi connectivity index (χ2v) is 3.68. The van der Waals surface area contributed by atoms with Gasteiger partial charge >= 0.3 is 0 Å². The zero-order chi connectivity index (χ0) is 10.9. The van der Waals surface area contributed by atoms with Crippen LogP contribution in [0, 0.1) is 0 Å². The van der Waals surface area contributed by atoms with Gasteiger partial charge in [-0.15, -0.1) is 0 Å². The summed E-state index contributed by atoms with van der Waals surface area (Å²) in [6.45, 7) is 1.58. The highest BCUT2D eigenvalue weighted by Crippen LogP contribution is 2.19. The summed E-state index contributed by atoms with van der Waals surface area (Å²) in [7, 11) is 0. The maximum Gasteiger partial charge on any atom is 0.165 e. The molecule has 0 radical (unpaired) electrons. The predicted octanol–water partition coefficient (Wildman–Crippen LogP) is -2.35. The summed E-state index contributed by atoms with van der Waals surface area (Å²) in [6.07, 6.45) is -5.14. The predicted molar refractivity (Wildman–Crippen MR) is 52.3 cm³/mol. The highest BCUT2D eigenvalue weighted by molar-refractivity contribution is 7.80. The Labute approximate surface area is 86.7 Å². The summed E-state index contributed by atoms with van der Waals surface area (Å²) < 4.78 is 5.15. The van der Waals surface area contributed by atoms with E-state index in [1.54, 1.807) is 6.92 Å². The first-order valence-electron chi connectivity index (χ1n) is 4.19. The highest BCUT2D eigenvalue weighted by Gasteiger charge is 2.41. The Bertz CT molecular complexity index is 228. The average molecular weight is 222 g/mol. The first kappa shape index (κ1) is 11.6.